The van der Waals surface area contributed by atoms with Crippen LogP contribution in [-0.2, 0) is 0 Å². The molecule has 88 valence electrons. The van der Waals surface area contributed by atoms with Crippen LogP contribution in [0.4, 0.5) is 11.4 Å². The number of hydrogen-bond acceptors (Lipinski definition) is 2. The van der Waals surface area contributed by atoms with Gasteiger partial charge in [-0.05, 0) is 24.3 Å². The van der Waals surface area contributed by atoms with Gasteiger partial charge in [0.1, 0.15) is 5.75 Å². The van der Waals surface area contributed by atoms with Crippen molar-refractivity contribution in [3.63, 3.8) is 0 Å². The molecule has 0 amide bonds. The van der Waals surface area contributed by atoms with Crippen molar-refractivity contribution < 1.29 is 4.74 Å². The van der Waals surface area contributed by atoms with Crippen molar-refractivity contribution in [2.45, 2.75) is 0 Å². The summed E-state index contributed by atoms with van der Waals surface area (Å²) in [5.74, 6) is 0.764. The van der Waals surface area contributed by atoms with E-state index in [1.54, 1.807) is 7.11 Å². The van der Waals surface area contributed by atoms with E-state index in [9.17, 15) is 0 Å². The number of methoxy groups -OCH3 is 1. The van der Waals surface area contributed by atoms with Gasteiger partial charge in [-0.3, -0.25) is 0 Å². The fraction of sp³-hybridized carbons (Fsp3) is 0.143. The van der Waals surface area contributed by atoms with E-state index in [1.165, 1.54) is 0 Å². The van der Waals surface area contributed by atoms with Crippen LogP contribution in [0.2, 0.25) is 5.02 Å². The topological polar surface area (TPSA) is 12.5 Å². The highest BCUT2D eigenvalue weighted by molar-refractivity contribution is 6.33. The zero-order chi connectivity index (χ0) is 12.3. The lowest BCUT2D eigenvalue weighted by Crippen LogP contribution is -2.09. The van der Waals surface area contributed by atoms with Gasteiger partial charge in [0.05, 0.1) is 17.8 Å². The summed E-state index contributed by atoms with van der Waals surface area (Å²) in [5, 5.41) is 0.677. The molecule has 0 radical (unpaired) electrons. The molecule has 2 nitrogen and oxygen atoms in total. The predicted molar refractivity (Wildman–Crippen MR) is 72.5 cm³/mol. The fourth-order valence-corrected chi connectivity index (χ4v) is 1.97. The van der Waals surface area contributed by atoms with Crippen LogP contribution in [0.3, 0.4) is 0 Å². The Balaban J connectivity index is 2.34. The second-order valence-electron chi connectivity index (χ2n) is 3.71. The summed E-state index contributed by atoms with van der Waals surface area (Å²) in [6.45, 7) is 0. The molecule has 0 heterocycles. The SMILES string of the molecule is COc1ccc(N(C)c2ccccc2)c(Cl)c1. The highest BCUT2D eigenvalue weighted by Crippen LogP contribution is 2.32. The molecule has 0 saturated heterocycles. The highest BCUT2D eigenvalue weighted by Gasteiger charge is 2.08. The van der Waals surface area contributed by atoms with E-state index in [2.05, 4.69) is 0 Å². The van der Waals surface area contributed by atoms with Crippen LogP contribution in [0.25, 0.3) is 0 Å². The third kappa shape index (κ3) is 2.53. The smallest absolute Gasteiger partial charge is 0.120 e. The molecule has 0 unspecified atom stereocenters. The van der Waals surface area contributed by atoms with Crippen LogP contribution in [-0.4, -0.2) is 14.2 Å². The van der Waals surface area contributed by atoms with Gasteiger partial charge in [-0.1, -0.05) is 29.8 Å². The number of benzene rings is 2. The first-order chi connectivity index (χ1) is 8.22. The van der Waals surface area contributed by atoms with Crippen LogP contribution in [0.1, 0.15) is 0 Å². The fourth-order valence-electron chi connectivity index (χ4n) is 1.68. The third-order valence-electron chi connectivity index (χ3n) is 2.66. The largest absolute Gasteiger partial charge is 0.497 e. The molecule has 3 heteroatoms. The van der Waals surface area contributed by atoms with Gasteiger partial charge in [0.2, 0.25) is 0 Å². The van der Waals surface area contributed by atoms with Gasteiger partial charge in [-0.15, -0.1) is 0 Å². The first kappa shape index (κ1) is 11.8. The van der Waals surface area contributed by atoms with E-state index in [1.807, 2.05) is 60.5 Å². The van der Waals surface area contributed by atoms with Crippen LogP contribution >= 0.6 is 11.6 Å². The zero-order valence-corrected chi connectivity index (χ0v) is 10.6. The van der Waals surface area contributed by atoms with E-state index in [0.29, 0.717) is 5.02 Å². The Morgan fingerprint density at radius 3 is 2.35 bits per heavy atom. The monoisotopic (exact) mass is 247 g/mol. The second-order valence-corrected chi connectivity index (χ2v) is 4.12. The molecule has 0 fully saturated rings. The van der Waals surface area contributed by atoms with Crippen molar-refractivity contribution >= 4 is 23.0 Å². The molecule has 0 aromatic heterocycles. The summed E-state index contributed by atoms with van der Waals surface area (Å²) in [7, 11) is 3.62. The lowest BCUT2D eigenvalue weighted by Gasteiger charge is -2.21. The maximum absolute atomic E-state index is 6.23. The van der Waals surface area contributed by atoms with E-state index < -0.39 is 0 Å². The minimum absolute atomic E-state index is 0.677. The number of ether oxygens (including phenoxy) is 1. The summed E-state index contributed by atoms with van der Waals surface area (Å²) >= 11 is 6.23. The summed E-state index contributed by atoms with van der Waals surface area (Å²) in [5.41, 5.74) is 2.05. The number of nitrogens with zero attached hydrogens (tertiary/aromatic N) is 1. The highest BCUT2D eigenvalue weighted by atomic mass is 35.5. The molecule has 0 bridgehead atoms. The van der Waals surface area contributed by atoms with E-state index in [4.69, 9.17) is 16.3 Å². The molecular weight excluding hydrogens is 234 g/mol. The molecular formula is C14H14ClNO. The predicted octanol–water partition coefficient (Wildman–Crippen LogP) is 4.12. The van der Waals surface area contributed by atoms with Crippen molar-refractivity contribution in [1.82, 2.24) is 0 Å². The van der Waals surface area contributed by atoms with Gasteiger partial charge < -0.3 is 9.64 Å². The zero-order valence-electron chi connectivity index (χ0n) is 9.85. The minimum atomic E-state index is 0.677. The Hall–Kier alpha value is -1.67. The average molecular weight is 248 g/mol. The van der Waals surface area contributed by atoms with Crippen molar-refractivity contribution in [3.8, 4) is 5.75 Å². The van der Waals surface area contributed by atoms with Crippen LogP contribution in [0.15, 0.2) is 48.5 Å². The van der Waals surface area contributed by atoms with E-state index in [0.717, 1.165) is 17.1 Å². The Bertz CT molecular complexity index is 499. The van der Waals surface area contributed by atoms with Crippen molar-refractivity contribution in [1.29, 1.82) is 0 Å². The first-order valence-corrected chi connectivity index (χ1v) is 5.72. The molecule has 2 aromatic carbocycles. The molecule has 2 aromatic rings. The molecule has 2 rings (SSSR count). The third-order valence-corrected chi connectivity index (χ3v) is 2.96. The maximum Gasteiger partial charge on any atom is 0.120 e. The first-order valence-electron chi connectivity index (χ1n) is 5.34. The number of para-hydroxylation sites is 1. The number of rotatable bonds is 3. The van der Waals surface area contributed by atoms with Crippen molar-refractivity contribution in [2.75, 3.05) is 19.1 Å². The summed E-state index contributed by atoms with van der Waals surface area (Å²) in [6.07, 6.45) is 0. The normalized spacial score (nSPS) is 10.1. The average Bonchev–Trinajstić information content (AvgIpc) is 2.39. The Morgan fingerprint density at radius 2 is 1.76 bits per heavy atom. The Kier molecular flexibility index (Phi) is 3.55. The standard InChI is InChI=1S/C14H14ClNO/c1-16(11-6-4-3-5-7-11)14-9-8-12(17-2)10-13(14)15/h3-10H,1-2H3. The van der Waals surface area contributed by atoms with E-state index >= 15 is 0 Å². The van der Waals surface area contributed by atoms with Gasteiger partial charge in [-0.25, -0.2) is 0 Å². The van der Waals surface area contributed by atoms with Gasteiger partial charge in [0.15, 0.2) is 0 Å². The van der Waals surface area contributed by atoms with Crippen molar-refractivity contribution in [2.24, 2.45) is 0 Å². The molecule has 0 aliphatic carbocycles. The molecule has 0 aliphatic heterocycles. The van der Waals surface area contributed by atoms with Gasteiger partial charge >= 0.3 is 0 Å². The van der Waals surface area contributed by atoms with Crippen LogP contribution in [0, 0.1) is 0 Å². The summed E-state index contributed by atoms with van der Waals surface area (Å²) in [4.78, 5) is 2.04. The van der Waals surface area contributed by atoms with Crippen LogP contribution < -0.4 is 9.64 Å². The molecule has 0 saturated carbocycles. The lowest BCUT2D eigenvalue weighted by atomic mass is 10.2. The molecule has 0 aliphatic rings. The van der Waals surface area contributed by atoms with Gasteiger partial charge in [0.25, 0.3) is 0 Å². The van der Waals surface area contributed by atoms with Crippen molar-refractivity contribution in [3.05, 3.63) is 53.6 Å². The Morgan fingerprint density at radius 1 is 1.06 bits per heavy atom. The Labute approximate surface area is 106 Å². The minimum Gasteiger partial charge on any atom is -0.497 e. The van der Waals surface area contributed by atoms with E-state index in [-0.39, 0.29) is 0 Å². The molecule has 17 heavy (non-hydrogen) atoms. The van der Waals surface area contributed by atoms with Gasteiger partial charge in [-0.2, -0.15) is 0 Å². The van der Waals surface area contributed by atoms with Gasteiger partial charge in [0, 0.05) is 18.8 Å². The lowest BCUT2D eigenvalue weighted by molar-refractivity contribution is 0.415. The summed E-state index contributed by atoms with van der Waals surface area (Å²) < 4.78 is 5.13. The number of hydrogen-bond donors (Lipinski definition) is 0. The number of halogens is 1. The molecule has 0 atom stereocenters. The summed E-state index contributed by atoms with van der Waals surface area (Å²) in [6, 6.07) is 15.8. The van der Waals surface area contributed by atoms with Crippen LogP contribution in [0.5, 0.6) is 5.75 Å². The molecule has 0 spiro atoms. The molecule has 0 N–H and O–H groups in total. The second kappa shape index (κ2) is 5.11. The number of anilines is 2. The quantitative estimate of drug-likeness (QED) is 0.809. The maximum atomic E-state index is 6.23.